The highest BCUT2D eigenvalue weighted by atomic mass is 32.2. The number of rotatable bonds is 6. The molecule has 0 spiro atoms. The third-order valence-corrected chi connectivity index (χ3v) is 4.84. The normalized spacial score (nSPS) is 12.4. The van der Waals surface area contributed by atoms with E-state index >= 15 is 0 Å². The van der Waals surface area contributed by atoms with E-state index in [1.54, 1.807) is 31.2 Å². The fraction of sp³-hybridized carbons (Fsp3) is 0.357. The molecule has 1 rings (SSSR count). The van der Waals surface area contributed by atoms with Gasteiger partial charge >= 0.3 is 5.97 Å². The van der Waals surface area contributed by atoms with Crippen LogP contribution in [0.5, 0.6) is 0 Å². The smallest absolute Gasteiger partial charge is 0.325 e. The van der Waals surface area contributed by atoms with Crippen LogP contribution in [0.2, 0.25) is 0 Å². The Morgan fingerprint density at radius 3 is 2.50 bits per heavy atom. The second kappa shape index (κ2) is 6.96. The third kappa shape index (κ3) is 4.28. The van der Waals surface area contributed by atoms with Gasteiger partial charge in [0.15, 0.2) is 21.7 Å². The second-order valence-electron chi connectivity index (χ2n) is 4.26. The lowest BCUT2D eigenvalue weighted by molar-refractivity contribution is -0.141. The van der Waals surface area contributed by atoms with E-state index in [1.807, 2.05) is 0 Å². The molecule has 0 bridgehead atoms. The van der Waals surface area contributed by atoms with Gasteiger partial charge in [-0.25, -0.2) is 8.42 Å². The van der Waals surface area contributed by atoms with E-state index in [1.165, 1.54) is 0 Å². The van der Waals surface area contributed by atoms with E-state index < -0.39 is 21.1 Å². The number of hydrogen-bond acceptors (Lipinski definition) is 5. The van der Waals surface area contributed by atoms with E-state index in [2.05, 4.69) is 5.92 Å². The Balaban J connectivity index is 2.87. The van der Waals surface area contributed by atoms with Gasteiger partial charge in [-0.15, -0.1) is 6.42 Å². The van der Waals surface area contributed by atoms with Crippen molar-refractivity contribution in [2.45, 2.75) is 24.3 Å². The third-order valence-electron chi connectivity index (χ3n) is 2.71. The maximum atomic E-state index is 12.2. The minimum atomic E-state index is -3.65. The number of nitrogen functional groups attached to an aromatic ring is 1. The number of anilines is 1. The van der Waals surface area contributed by atoms with Gasteiger partial charge in [-0.1, -0.05) is 25.0 Å². The number of ether oxygens (including phenoxy) is 1. The maximum Gasteiger partial charge on any atom is 0.325 e. The molecule has 0 heterocycles. The van der Waals surface area contributed by atoms with Crippen LogP contribution in [0.1, 0.15) is 18.9 Å². The zero-order valence-corrected chi connectivity index (χ0v) is 12.0. The summed E-state index contributed by atoms with van der Waals surface area (Å²) in [5, 5.41) is -1.20. The van der Waals surface area contributed by atoms with Crippen molar-refractivity contribution in [1.82, 2.24) is 0 Å². The first-order valence-electron chi connectivity index (χ1n) is 6.06. The number of hydrogen-bond donors (Lipinski definition) is 1. The molecule has 108 valence electrons. The summed E-state index contributed by atoms with van der Waals surface area (Å²) in [7, 11) is -3.65. The van der Waals surface area contributed by atoms with Crippen molar-refractivity contribution >= 4 is 21.5 Å². The number of esters is 1. The minimum Gasteiger partial charge on any atom is -0.452 e. The molecular weight excluding hydrogens is 278 g/mol. The molecule has 0 fully saturated rings. The lowest BCUT2D eigenvalue weighted by Crippen LogP contribution is -2.32. The molecule has 0 saturated carbocycles. The van der Waals surface area contributed by atoms with E-state index in [-0.39, 0.29) is 18.8 Å². The largest absolute Gasteiger partial charge is 0.452 e. The molecule has 1 aromatic carbocycles. The van der Waals surface area contributed by atoms with Crippen LogP contribution in [0.15, 0.2) is 24.3 Å². The molecule has 1 unspecified atom stereocenters. The Morgan fingerprint density at radius 1 is 1.40 bits per heavy atom. The zero-order chi connectivity index (χ0) is 15.2. The van der Waals surface area contributed by atoms with Gasteiger partial charge in [0.1, 0.15) is 0 Å². The van der Waals surface area contributed by atoms with Crippen LogP contribution < -0.4 is 5.73 Å². The Morgan fingerprint density at radius 2 is 2.00 bits per heavy atom. The fourth-order valence-electron chi connectivity index (χ4n) is 1.72. The first-order valence-corrected chi connectivity index (χ1v) is 7.78. The highest BCUT2D eigenvalue weighted by Gasteiger charge is 2.32. The van der Waals surface area contributed by atoms with Gasteiger partial charge in [-0.05, 0) is 24.1 Å². The van der Waals surface area contributed by atoms with Crippen LogP contribution in [-0.2, 0) is 25.1 Å². The second-order valence-corrected chi connectivity index (χ2v) is 6.44. The fourth-order valence-corrected chi connectivity index (χ4v) is 3.45. The molecule has 0 aliphatic rings. The van der Waals surface area contributed by atoms with Gasteiger partial charge in [0.25, 0.3) is 0 Å². The first kappa shape index (κ1) is 16.1. The molecule has 1 atom stereocenters. The lowest BCUT2D eigenvalue weighted by atomic mass is 10.2. The quantitative estimate of drug-likeness (QED) is 0.483. The number of carbonyl (C=O) groups is 1. The van der Waals surface area contributed by atoms with E-state index in [0.717, 1.165) is 0 Å². The number of terminal acetylenes is 1. The zero-order valence-electron chi connectivity index (χ0n) is 11.2. The summed E-state index contributed by atoms with van der Waals surface area (Å²) < 4.78 is 29.2. The molecule has 2 N–H and O–H groups in total. The number of sulfone groups is 1. The SMILES string of the molecule is C#CCOC(=O)C(CC)S(=O)(=O)Cc1ccc(N)cc1. The predicted molar refractivity (Wildman–Crippen MR) is 77.3 cm³/mol. The monoisotopic (exact) mass is 295 g/mol. The predicted octanol–water partition coefficient (Wildman–Crippen LogP) is 1.14. The average Bonchev–Trinajstić information content (AvgIpc) is 2.39. The number of nitrogens with two attached hydrogens (primary N) is 1. The molecule has 0 radical (unpaired) electrons. The molecule has 20 heavy (non-hydrogen) atoms. The number of carbonyl (C=O) groups excluding carboxylic acids is 1. The van der Waals surface area contributed by atoms with Gasteiger partial charge < -0.3 is 10.5 Å². The summed E-state index contributed by atoms with van der Waals surface area (Å²) in [6.07, 6.45) is 5.12. The van der Waals surface area contributed by atoms with Crippen LogP contribution in [0.25, 0.3) is 0 Å². The molecule has 0 amide bonds. The molecule has 0 saturated heterocycles. The highest BCUT2D eigenvalue weighted by molar-refractivity contribution is 7.92. The van der Waals surface area contributed by atoms with Gasteiger partial charge in [-0.2, -0.15) is 0 Å². The highest BCUT2D eigenvalue weighted by Crippen LogP contribution is 2.16. The van der Waals surface area contributed by atoms with Crippen molar-refractivity contribution < 1.29 is 17.9 Å². The Labute approximate surface area is 119 Å². The summed E-state index contributed by atoms with van der Waals surface area (Å²) in [6.45, 7) is 1.38. The minimum absolute atomic E-state index is 0.140. The van der Waals surface area contributed by atoms with Crippen LogP contribution in [0, 0.1) is 12.3 Å². The molecular formula is C14H17NO4S. The summed E-state index contributed by atoms with van der Waals surface area (Å²) in [6, 6.07) is 6.46. The van der Waals surface area contributed by atoms with Gasteiger partial charge in [-0.3, -0.25) is 4.79 Å². The maximum absolute atomic E-state index is 12.2. The van der Waals surface area contributed by atoms with Crippen LogP contribution in [-0.4, -0.2) is 26.2 Å². The van der Waals surface area contributed by atoms with Crippen molar-refractivity contribution in [1.29, 1.82) is 0 Å². The Kier molecular flexibility index (Phi) is 5.59. The Hall–Kier alpha value is -2.00. The number of benzene rings is 1. The van der Waals surface area contributed by atoms with E-state index in [9.17, 15) is 13.2 Å². The molecule has 0 aliphatic heterocycles. The van der Waals surface area contributed by atoms with E-state index in [0.29, 0.717) is 11.3 Å². The van der Waals surface area contributed by atoms with Gasteiger partial charge in [0.2, 0.25) is 0 Å². The standard InChI is InChI=1S/C14H17NO4S/c1-3-9-19-14(16)13(4-2)20(17,18)10-11-5-7-12(15)8-6-11/h1,5-8,13H,4,9-10,15H2,2H3. The molecule has 5 nitrogen and oxygen atoms in total. The van der Waals surface area contributed by atoms with Crippen molar-refractivity contribution in [3.05, 3.63) is 29.8 Å². The van der Waals surface area contributed by atoms with Crippen molar-refractivity contribution in [3.63, 3.8) is 0 Å². The molecule has 0 aromatic heterocycles. The first-order chi connectivity index (χ1) is 9.40. The molecule has 6 heteroatoms. The van der Waals surface area contributed by atoms with Crippen molar-refractivity contribution in [3.8, 4) is 12.3 Å². The van der Waals surface area contributed by atoms with Crippen LogP contribution in [0.3, 0.4) is 0 Å². The molecule has 1 aromatic rings. The van der Waals surface area contributed by atoms with Gasteiger partial charge in [0.05, 0.1) is 5.75 Å². The molecule has 0 aliphatic carbocycles. The summed E-state index contributed by atoms with van der Waals surface area (Å²) >= 11 is 0. The topological polar surface area (TPSA) is 86.5 Å². The summed E-state index contributed by atoms with van der Waals surface area (Å²) in [5.41, 5.74) is 6.66. The summed E-state index contributed by atoms with van der Waals surface area (Å²) in [4.78, 5) is 11.7. The van der Waals surface area contributed by atoms with Gasteiger partial charge in [0, 0.05) is 5.69 Å². The van der Waals surface area contributed by atoms with Crippen LogP contribution >= 0.6 is 0 Å². The summed E-state index contributed by atoms with van der Waals surface area (Å²) in [5.74, 6) is 1.09. The average molecular weight is 295 g/mol. The van der Waals surface area contributed by atoms with Crippen LogP contribution in [0.4, 0.5) is 5.69 Å². The lowest BCUT2D eigenvalue weighted by Gasteiger charge is -2.14. The van der Waals surface area contributed by atoms with Crippen molar-refractivity contribution in [2.75, 3.05) is 12.3 Å². The van der Waals surface area contributed by atoms with Crippen molar-refractivity contribution in [2.24, 2.45) is 0 Å². The van der Waals surface area contributed by atoms with E-state index in [4.69, 9.17) is 16.9 Å². The Bertz CT molecular complexity index is 599.